The molecule has 4 bridgehead atoms. The zero-order valence-electron chi connectivity index (χ0n) is 16.2. The predicted molar refractivity (Wildman–Crippen MR) is 106 cm³/mol. The number of aliphatic hydroxyl groups is 2. The summed E-state index contributed by atoms with van der Waals surface area (Å²) < 4.78 is 1.87. The van der Waals surface area contributed by atoms with Gasteiger partial charge in [-0.15, -0.1) is 0 Å². The maximum Gasteiger partial charge on any atom is 0.251 e. The highest BCUT2D eigenvalue weighted by atomic mass is 16.3. The van der Waals surface area contributed by atoms with Crippen LogP contribution in [0.4, 0.5) is 0 Å². The third kappa shape index (κ3) is 3.03. The van der Waals surface area contributed by atoms with Gasteiger partial charge in [0.05, 0.1) is 30.1 Å². The van der Waals surface area contributed by atoms with Crippen molar-refractivity contribution in [2.45, 2.75) is 51.2 Å². The summed E-state index contributed by atoms with van der Waals surface area (Å²) in [6, 6.07) is 5.42. The highest BCUT2D eigenvalue weighted by molar-refractivity contribution is 5.97. The topological polar surface area (TPSA) is 87.4 Å². The van der Waals surface area contributed by atoms with Crippen LogP contribution in [0.1, 0.15) is 48.9 Å². The van der Waals surface area contributed by atoms with Crippen molar-refractivity contribution in [1.82, 2.24) is 14.9 Å². The number of nitrogens with zero attached hydrogens (tertiary/aromatic N) is 2. The summed E-state index contributed by atoms with van der Waals surface area (Å²) in [7, 11) is 0. The SMILES string of the molecule is O=C(NCC(O)C12CC3CC(CC(C3)C1)C2)c1ccc2c(c1)ncn2CCO. The summed E-state index contributed by atoms with van der Waals surface area (Å²) in [5.41, 5.74) is 2.22. The highest BCUT2D eigenvalue weighted by Crippen LogP contribution is 2.61. The lowest BCUT2D eigenvalue weighted by atomic mass is 9.48. The number of fused-ring (bicyclic) bond motifs is 1. The second-order valence-electron chi connectivity index (χ2n) is 9.37. The van der Waals surface area contributed by atoms with Crippen molar-refractivity contribution in [2.75, 3.05) is 13.2 Å². The van der Waals surface area contributed by atoms with Crippen LogP contribution in [0.3, 0.4) is 0 Å². The van der Waals surface area contributed by atoms with Crippen LogP contribution in [-0.2, 0) is 6.54 Å². The van der Waals surface area contributed by atoms with E-state index in [2.05, 4.69) is 10.3 Å². The van der Waals surface area contributed by atoms with Gasteiger partial charge in [-0.3, -0.25) is 4.79 Å². The number of hydrogen-bond donors (Lipinski definition) is 3. The molecule has 1 heterocycles. The summed E-state index contributed by atoms with van der Waals surface area (Å²) in [5, 5.41) is 23.1. The Morgan fingerprint density at radius 2 is 1.89 bits per heavy atom. The third-order valence-corrected chi connectivity index (χ3v) is 7.47. The largest absolute Gasteiger partial charge is 0.395 e. The molecular weight excluding hydrogens is 354 g/mol. The van der Waals surface area contributed by atoms with E-state index in [1.165, 1.54) is 19.3 Å². The molecule has 0 saturated heterocycles. The Bertz CT molecular complexity index is 855. The van der Waals surface area contributed by atoms with Crippen molar-refractivity contribution in [3.63, 3.8) is 0 Å². The van der Waals surface area contributed by atoms with Crippen LogP contribution in [0.15, 0.2) is 24.5 Å². The molecule has 3 N–H and O–H groups in total. The van der Waals surface area contributed by atoms with Gasteiger partial charge in [0.25, 0.3) is 5.91 Å². The van der Waals surface area contributed by atoms with Crippen molar-refractivity contribution >= 4 is 16.9 Å². The Morgan fingerprint density at radius 3 is 2.54 bits per heavy atom. The molecule has 6 heteroatoms. The molecule has 1 amide bonds. The van der Waals surface area contributed by atoms with Crippen molar-refractivity contribution < 1.29 is 15.0 Å². The van der Waals surface area contributed by atoms with Crippen molar-refractivity contribution in [3.8, 4) is 0 Å². The average molecular weight is 383 g/mol. The molecule has 0 aliphatic heterocycles. The molecule has 6 nitrogen and oxygen atoms in total. The Hall–Kier alpha value is -1.92. The number of imidazole rings is 1. The van der Waals surface area contributed by atoms with Gasteiger partial charge >= 0.3 is 0 Å². The number of carbonyl (C=O) groups excluding carboxylic acids is 1. The second kappa shape index (κ2) is 6.85. The molecule has 6 rings (SSSR count). The second-order valence-corrected chi connectivity index (χ2v) is 9.37. The lowest BCUT2D eigenvalue weighted by Gasteiger charge is -2.58. The molecule has 1 unspecified atom stereocenters. The first-order chi connectivity index (χ1) is 13.6. The van der Waals surface area contributed by atoms with E-state index in [9.17, 15) is 9.90 Å². The molecule has 1 aromatic heterocycles. The molecule has 4 aliphatic rings. The Morgan fingerprint density at radius 1 is 1.21 bits per heavy atom. The van der Waals surface area contributed by atoms with Gasteiger partial charge in [-0.1, -0.05) is 0 Å². The number of nitrogens with one attached hydrogen (secondary N) is 1. The first-order valence-electron chi connectivity index (χ1n) is 10.6. The van der Waals surface area contributed by atoms with Gasteiger partial charge in [0, 0.05) is 18.7 Å². The number of rotatable bonds is 6. The van der Waals surface area contributed by atoms with Crippen LogP contribution in [-0.4, -0.2) is 44.9 Å². The minimum atomic E-state index is -0.461. The van der Waals surface area contributed by atoms with Crippen LogP contribution in [0.25, 0.3) is 11.0 Å². The number of hydrogen-bond acceptors (Lipinski definition) is 4. The minimum Gasteiger partial charge on any atom is -0.395 e. The normalized spacial score (nSPS) is 32.0. The van der Waals surface area contributed by atoms with E-state index in [0.29, 0.717) is 18.7 Å². The molecule has 0 spiro atoms. The Balaban J connectivity index is 1.25. The smallest absolute Gasteiger partial charge is 0.251 e. The van der Waals surface area contributed by atoms with Crippen LogP contribution in [0.2, 0.25) is 0 Å². The third-order valence-electron chi connectivity index (χ3n) is 7.47. The fourth-order valence-electron chi connectivity index (χ4n) is 6.58. The number of aliphatic hydroxyl groups excluding tert-OH is 2. The van der Waals surface area contributed by atoms with E-state index >= 15 is 0 Å². The van der Waals surface area contributed by atoms with Gasteiger partial charge in [0.15, 0.2) is 0 Å². The fraction of sp³-hybridized carbons (Fsp3) is 0.636. The zero-order chi connectivity index (χ0) is 19.3. The molecule has 1 aromatic carbocycles. The number of carbonyl (C=O) groups is 1. The number of amides is 1. The van der Waals surface area contributed by atoms with Crippen LogP contribution < -0.4 is 5.32 Å². The summed E-state index contributed by atoms with van der Waals surface area (Å²) >= 11 is 0. The maximum absolute atomic E-state index is 12.7. The molecule has 4 aliphatic carbocycles. The molecule has 4 saturated carbocycles. The molecule has 0 radical (unpaired) electrons. The Kier molecular flexibility index (Phi) is 4.43. The van der Waals surface area contributed by atoms with E-state index in [0.717, 1.165) is 48.0 Å². The monoisotopic (exact) mass is 383 g/mol. The number of aromatic nitrogens is 2. The molecule has 28 heavy (non-hydrogen) atoms. The van der Waals surface area contributed by atoms with Gasteiger partial charge < -0.3 is 20.1 Å². The minimum absolute atomic E-state index is 0.0229. The van der Waals surface area contributed by atoms with Gasteiger partial charge in [-0.05, 0) is 79.9 Å². The summed E-state index contributed by atoms with van der Waals surface area (Å²) in [6.45, 7) is 0.858. The van der Waals surface area contributed by atoms with E-state index in [-0.39, 0.29) is 17.9 Å². The summed E-state index contributed by atoms with van der Waals surface area (Å²) in [4.78, 5) is 17.0. The van der Waals surface area contributed by atoms with Crippen LogP contribution in [0, 0.1) is 23.2 Å². The molecule has 1 atom stereocenters. The van der Waals surface area contributed by atoms with Crippen molar-refractivity contribution in [3.05, 3.63) is 30.1 Å². The zero-order valence-corrected chi connectivity index (χ0v) is 16.2. The highest BCUT2D eigenvalue weighted by Gasteiger charge is 2.53. The van der Waals surface area contributed by atoms with Gasteiger partial charge in [0.2, 0.25) is 0 Å². The maximum atomic E-state index is 12.7. The van der Waals surface area contributed by atoms with Crippen LogP contribution >= 0.6 is 0 Å². The van der Waals surface area contributed by atoms with Gasteiger partial charge in [0.1, 0.15) is 0 Å². The quantitative estimate of drug-likeness (QED) is 0.714. The first kappa shape index (κ1) is 18.1. The van der Waals surface area contributed by atoms with Crippen LogP contribution in [0.5, 0.6) is 0 Å². The molecule has 2 aromatic rings. The van der Waals surface area contributed by atoms with E-state index in [1.54, 1.807) is 18.5 Å². The van der Waals surface area contributed by atoms with E-state index in [4.69, 9.17) is 5.11 Å². The van der Waals surface area contributed by atoms with Gasteiger partial charge in [-0.2, -0.15) is 0 Å². The summed E-state index contributed by atoms with van der Waals surface area (Å²) in [6.07, 6.45) is 8.65. The molecular formula is C22H29N3O3. The van der Waals surface area contributed by atoms with Crippen molar-refractivity contribution in [1.29, 1.82) is 0 Å². The molecule has 150 valence electrons. The predicted octanol–water partition coefficient (Wildman–Crippen LogP) is 2.34. The number of benzene rings is 1. The van der Waals surface area contributed by atoms with Crippen molar-refractivity contribution in [2.24, 2.45) is 23.2 Å². The van der Waals surface area contributed by atoms with E-state index in [1.807, 2.05) is 10.6 Å². The molecule has 4 fully saturated rings. The lowest BCUT2D eigenvalue weighted by Crippen LogP contribution is -2.54. The standard InChI is InChI=1S/C22H29N3O3/c26-4-3-25-13-24-18-8-17(1-2-19(18)25)21(28)23-12-20(27)22-9-14-5-15(10-22)7-16(6-14)11-22/h1-2,8,13-16,20,26-27H,3-7,9-12H2,(H,23,28). The Labute approximate surface area is 165 Å². The van der Waals surface area contributed by atoms with Gasteiger partial charge in [-0.25, -0.2) is 4.98 Å². The van der Waals surface area contributed by atoms with E-state index < -0.39 is 6.10 Å². The average Bonchev–Trinajstić information content (AvgIpc) is 3.07. The fourth-order valence-corrected chi connectivity index (χ4v) is 6.58. The lowest BCUT2D eigenvalue weighted by molar-refractivity contribution is -0.118. The summed E-state index contributed by atoms with van der Waals surface area (Å²) in [5.74, 6) is 2.19. The first-order valence-corrected chi connectivity index (χ1v) is 10.6.